The van der Waals surface area contributed by atoms with Crippen LogP contribution in [0.5, 0.6) is 5.88 Å². The first-order chi connectivity index (χ1) is 9.63. The van der Waals surface area contributed by atoms with Crippen molar-refractivity contribution in [3.05, 3.63) is 40.3 Å². The maximum atomic E-state index is 5.27. The number of halogens is 1. The van der Waals surface area contributed by atoms with E-state index in [0.29, 0.717) is 12.4 Å². The minimum Gasteiger partial charge on any atom is -0.481 e. The van der Waals surface area contributed by atoms with Gasteiger partial charge in [-0.15, -0.1) is 0 Å². The minimum atomic E-state index is 0.221. The van der Waals surface area contributed by atoms with E-state index in [9.17, 15) is 0 Å². The maximum absolute atomic E-state index is 5.27. The quantitative estimate of drug-likeness (QED) is 0.879. The van der Waals surface area contributed by atoms with Crippen molar-refractivity contribution in [1.29, 1.82) is 0 Å². The van der Waals surface area contributed by atoms with Crippen molar-refractivity contribution in [3.8, 4) is 5.88 Å². The van der Waals surface area contributed by atoms with Gasteiger partial charge in [0.05, 0.1) is 13.3 Å². The van der Waals surface area contributed by atoms with Crippen molar-refractivity contribution in [2.75, 3.05) is 7.11 Å². The summed E-state index contributed by atoms with van der Waals surface area (Å²) in [6, 6.07) is 2.24. The smallest absolute Gasteiger partial charge is 0.217 e. The normalized spacial score (nSPS) is 12.4. The Balaban J connectivity index is 2.02. The van der Waals surface area contributed by atoms with Crippen LogP contribution in [0.4, 0.5) is 0 Å². The van der Waals surface area contributed by atoms with Gasteiger partial charge in [-0.05, 0) is 35.8 Å². The highest BCUT2D eigenvalue weighted by molar-refractivity contribution is 9.10. The number of aryl methyl sites for hydroxylation is 1. The number of aromatic nitrogens is 3. The molecule has 0 amide bonds. The van der Waals surface area contributed by atoms with E-state index in [4.69, 9.17) is 4.74 Å². The summed E-state index contributed by atoms with van der Waals surface area (Å²) < 4.78 is 8.14. The number of pyridine rings is 1. The van der Waals surface area contributed by atoms with Crippen molar-refractivity contribution < 1.29 is 4.74 Å². The number of nitrogens with zero attached hydrogens (tertiary/aromatic N) is 3. The summed E-state index contributed by atoms with van der Waals surface area (Å²) in [7, 11) is 1.63. The zero-order chi connectivity index (χ0) is 14.5. The molecule has 108 valence electrons. The average molecular weight is 339 g/mol. The Morgan fingerprint density at radius 3 is 2.90 bits per heavy atom. The van der Waals surface area contributed by atoms with Crippen molar-refractivity contribution in [2.45, 2.75) is 33.0 Å². The van der Waals surface area contributed by atoms with Crippen molar-refractivity contribution in [2.24, 2.45) is 0 Å². The molecule has 1 unspecified atom stereocenters. The Labute approximate surface area is 127 Å². The third-order valence-corrected chi connectivity index (χ3v) is 3.59. The summed E-state index contributed by atoms with van der Waals surface area (Å²) in [5, 5.41) is 7.75. The van der Waals surface area contributed by atoms with Crippen LogP contribution in [0.2, 0.25) is 0 Å². The molecule has 0 aliphatic carbocycles. The molecule has 1 N–H and O–H groups in total. The van der Waals surface area contributed by atoms with Gasteiger partial charge in [0.15, 0.2) is 0 Å². The standard InChI is InChI=1S/C14H19BrN4O/c1-4-19-9-12(7-18-19)10(2)16-6-11-5-13(15)8-17-14(11)20-3/h5,7-10,16H,4,6H2,1-3H3. The molecule has 2 aromatic rings. The Kier molecular flexibility index (Phi) is 5.14. The highest BCUT2D eigenvalue weighted by Crippen LogP contribution is 2.21. The molecule has 0 saturated carbocycles. The topological polar surface area (TPSA) is 52.0 Å². The molecular weight excluding hydrogens is 320 g/mol. The van der Waals surface area contributed by atoms with E-state index >= 15 is 0 Å². The fourth-order valence-corrected chi connectivity index (χ4v) is 2.31. The molecule has 2 rings (SSSR count). The van der Waals surface area contributed by atoms with Gasteiger partial charge in [-0.25, -0.2) is 4.98 Å². The van der Waals surface area contributed by atoms with Crippen LogP contribution in [0.25, 0.3) is 0 Å². The van der Waals surface area contributed by atoms with Crippen molar-refractivity contribution in [1.82, 2.24) is 20.1 Å². The summed E-state index contributed by atoms with van der Waals surface area (Å²) in [5.74, 6) is 0.650. The molecule has 5 nitrogen and oxygen atoms in total. The second-order valence-corrected chi connectivity index (χ2v) is 5.47. The molecule has 2 aromatic heterocycles. The van der Waals surface area contributed by atoms with E-state index in [0.717, 1.165) is 16.6 Å². The van der Waals surface area contributed by atoms with Gasteiger partial charge in [0.2, 0.25) is 5.88 Å². The van der Waals surface area contributed by atoms with Crippen LogP contribution in [-0.2, 0) is 13.1 Å². The SMILES string of the molecule is CCn1cc(C(C)NCc2cc(Br)cnc2OC)cn1. The summed E-state index contributed by atoms with van der Waals surface area (Å²) >= 11 is 3.43. The van der Waals surface area contributed by atoms with Crippen molar-refractivity contribution in [3.63, 3.8) is 0 Å². The van der Waals surface area contributed by atoms with Gasteiger partial charge in [0, 0.05) is 47.1 Å². The van der Waals surface area contributed by atoms with Crippen LogP contribution in [0, 0.1) is 0 Å². The van der Waals surface area contributed by atoms with E-state index in [1.807, 2.05) is 16.9 Å². The summed E-state index contributed by atoms with van der Waals surface area (Å²) in [6.07, 6.45) is 5.70. The molecular formula is C14H19BrN4O. The van der Waals surface area contributed by atoms with Gasteiger partial charge >= 0.3 is 0 Å². The number of rotatable bonds is 6. The number of ether oxygens (including phenoxy) is 1. The summed E-state index contributed by atoms with van der Waals surface area (Å²) in [4.78, 5) is 4.24. The van der Waals surface area contributed by atoms with Gasteiger partial charge in [-0.1, -0.05) is 0 Å². The Hall–Kier alpha value is -1.40. The van der Waals surface area contributed by atoms with E-state index in [2.05, 4.69) is 51.4 Å². The van der Waals surface area contributed by atoms with Crippen LogP contribution >= 0.6 is 15.9 Å². The van der Waals surface area contributed by atoms with E-state index in [1.165, 1.54) is 5.56 Å². The number of nitrogens with one attached hydrogen (secondary N) is 1. The van der Waals surface area contributed by atoms with E-state index in [1.54, 1.807) is 13.3 Å². The zero-order valence-electron chi connectivity index (χ0n) is 11.9. The zero-order valence-corrected chi connectivity index (χ0v) is 13.5. The largest absolute Gasteiger partial charge is 0.481 e. The lowest BCUT2D eigenvalue weighted by molar-refractivity contribution is 0.389. The van der Waals surface area contributed by atoms with E-state index in [-0.39, 0.29) is 6.04 Å². The summed E-state index contributed by atoms with van der Waals surface area (Å²) in [6.45, 7) is 5.77. The molecule has 0 aliphatic rings. The molecule has 0 spiro atoms. The van der Waals surface area contributed by atoms with Gasteiger partial charge in [-0.3, -0.25) is 4.68 Å². The van der Waals surface area contributed by atoms with Crippen LogP contribution in [0.3, 0.4) is 0 Å². The molecule has 0 bridgehead atoms. The minimum absolute atomic E-state index is 0.221. The highest BCUT2D eigenvalue weighted by atomic mass is 79.9. The molecule has 6 heteroatoms. The first kappa shape index (κ1) is 15.0. The van der Waals surface area contributed by atoms with Crippen LogP contribution in [0.15, 0.2) is 29.1 Å². The molecule has 0 aliphatic heterocycles. The summed E-state index contributed by atoms with van der Waals surface area (Å²) in [5.41, 5.74) is 2.20. The molecule has 1 atom stereocenters. The number of hydrogen-bond acceptors (Lipinski definition) is 4. The second-order valence-electron chi connectivity index (χ2n) is 4.55. The van der Waals surface area contributed by atoms with E-state index < -0.39 is 0 Å². The first-order valence-corrected chi connectivity index (χ1v) is 7.37. The predicted molar refractivity (Wildman–Crippen MR) is 81.6 cm³/mol. The van der Waals surface area contributed by atoms with Gasteiger partial charge in [0.25, 0.3) is 0 Å². The number of methoxy groups -OCH3 is 1. The molecule has 20 heavy (non-hydrogen) atoms. The van der Waals surface area contributed by atoms with Crippen LogP contribution in [-0.4, -0.2) is 21.9 Å². The molecule has 0 fully saturated rings. The monoisotopic (exact) mass is 338 g/mol. The molecule has 0 aromatic carbocycles. The highest BCUT2D eigenvalue weighted by Gasteiger charge is 2.10. The van der Waals surface area contributed by atoms with Crippen LogP contribution < -0.4 is 10.1 Å². The van der Waals surface area contributed by atoms with Gasteiger partial charge < -0.3 is 10.1 Å². The Bertz CT molecular complexity index is 570. The fourth-order valence-electron chi connectivity index (χ4n) is 1.94. The number of hydrogen-bond donors (Lipinski definition) is 1. The lowest BCUT2D eigenvalue weighted by Crippen LogP contribution is -2.18. The third kappa shape index (κ3) is 3.58. The molecule has 2 heterocycles. The fraction of sp³-hybridized carbons (Fsp3) is 0.429. The molecule has 0 saturated heterocycles. The van der Waals surface area contributed by atoms with Gasteiger partial charge in [-0.2, -0.15) is 5.10 Å². The first-order valence-electron chi connectivity index (χ1n) is 6.58. The van der Waals surface area contributed by atoms with Crippen LogP contribution in [0.1, 0.15) is 31.0 Å². The average Bonchev–Trinajstić information content (AvgIpc) is 2.94. The lowest BCUT2D eigenvalue weighted by atomic mass is 10.2. The lowest BCUT2D eigenvalue weighted by Gasteiger charge is -2.13. The van der Waals surface area contributed by atoms with Gasteiger partial charge in [0.1, 0.15) is 0 Å². The second kappa shape index (κ2) is 6.85. The van der Waals surface area contributed by atoms with Crippen molar-refractivity contribution >= 4 is 15.9 Å². The predicted octanol–water partition coefficient (Wildman–Crippen LogP) is 2.92. The Morgan fingerprint density at radius 2 is 2.25 bits per heavy atom. The third-order valence-electron chi connectivity index (χ3n) is 3.16. The maximum Gasteiger partial charge on any atom is 0.217 e. The Morgan fingerprint density at radius 1 is 1.45 bits per heavy atom. The molecule has 0 radical (unpaired) electrons.